The van der Waals surface area contributed by atoms with Crippen molar-refractivity contribution in [3.05, 3.63) is 47.6 Å². The monoisotopic (exact) mass is 395 g/mol. The van der Waals surface area contributed by atoms with E-state index in [1.807, 2.05) is 40.8 Å². The number of imidazole rings is 1. The van der Waals surface area contributed by atoms with Gasteiger partial charge in [0, 0.05) is 50.3 Å². The molecule has 3 aromatic heterocycles. The zero-order valence-electron chi connectivity index (χ0n) is 15.3. The number of aryl methyl sites for hydroxylation is 1. The number of benzene rings is 1. The topological polar surface area (TPSA) is 82.9 Å². The molecular weight excluding hydrogens is 378 g/mol. The Labute approximate surface area is 165 Å². The molecule has 0 aliphatic carbocycles. The Morgan fingerprint density at radius 2 is 1.93 bits per heavy atom. The molecule has 1 amide bonds. The first kappa shape index (κ1) is 17.0. The highest BCUT2D eigenvalue weighted by atomic mass is 35.5. The van der Waals surface area contributed by atoms with Crippen LogP contribution in [0.3, 0.4) is 0 Å². The Morgan fingerprint density at radius 3 is 2.75 bits per heavy atom. The lowest BCUT2D eigenvalue weighted by Gasteiger charge is -2.35. The molecule has 8 nitrogen and oxygen atoms in total. The summed E-state index contributed by atoms with van der Waals surface area (Å²) in [5.74, 6) is 0.760. The van der Waals surface area contributed by atoms with Crippen LogP contribution < -0.4 is 4.90 Å². The first-order chi connectivity index (χ1) is 13.6. The van der Waals surface area contributed by atoms with Gasteiger partial charge in [-0.05, 0) is 17.7 Å². The van der Waals surface area contributed by atoms with Gasteiger partial charge in [0.15, 0.2) is 17.0 Å². The summed E-state index contributed by atoms with van der Waals surface area (Å²) in [6, 6.07) is 7.84. The first-order valence-electron chi connectivity index (χ1n) is 9.07. The van der Waals surface area contributed by atoms with Crippen molar-refractivity contribution >= 4 is 45.4 Å². The van der Waals surface area contributed by atoms with Crippen LogP contribution in [0, 0.1) is 0 Å². The number of piperazine rings is 1. The molecular formula is C19H18ClN7O. The molecule has 5 rings (SSSR count). The number of carbonyl (C=O) groups is 1. The van der Waals surface area contributed by atoms with E-state index in [9.17, 15) is 4.79 Å². The predicted octanol–water partition coefficient (Wildman–Crippen LogP) is 2.46. The second-order valence-electron chi connectivity index (χ2n) is 6.87. The SMILES string of the molecule is Cn1cnc2c(N3CCN(C(=O)c4c[nH]c5ccccc45)CC3)nc(Cl)nc21. The van der Waals surface area contributed by atoms with Crippen LogP contribution in [0.15, 0.2) is 36.8 Å². The molecule has 1 N–H and O–H groups in total. The van der Waals surface area contributed by atoms with Gasteiger partial charge in [0.25, 0.3) is 5.91 Å². The number of halogens is 1. The number of carbonyl (C=O) groups excluding carboxylic acids is 1. The van der Waals surface area contributed by atoms with Crippen LogP contribution in [-0.4, -0.2) is 61.5 Å². The molecule has 0 unspecified atom stereocenters. The molecule has 0 bridgehead atoms. The summed E-state index contributed by atoms with van der Waals surface area (Å²) in [6.45, 7) is 2.53. The van der Waals surface area contributed by atoms with Gasteiger partial charge >= 0.3 is 0 Å². The van der Waals surface area contributed by atoms with Crippen molar-refractivity contribution in [2.75, 3.05) is 31.1 Å². The number of aromatic amines is 1. The van der Waals surface area contributed by atoms with Gasteiger partial charge in [0.1, 0.15) is 0 Å². The van der Waals surface area contributed by atoms with Crippen molar-refractivity contribution in [2.24, 2.45) is 7.05 Å². The number of hydrogen-bond donors (Lipinski definition) is 1. The molecule has 1 aromatic carbocycles. The van der Waals surface area contributed by atoms with Gasteiger partial charge in [-0.15, -0.1) is 0 Å². The summed E-state index contributed by atoms with van der Waals surface area (Å²) in [7, 11) is 1.88. The maximum atomic E-state index is 13.0. The lowest BCUT2D eigenvalue weighted by Crippen LogP contribution is -2.49. The molecule has 0 spiro atoms. The number of para-hydroxylation sites is 1. The summed E-state index contributed by atoms with van der Waals surface area (Å²) in [5.41, 5.74) is 3.11. The minimum atomic E-state index is 0.0424. The number of nitrogens with one attached hydrogen (secondary N) is 1. The molecule has 1 saturated heterocycles. The predicted molar refractivity (Wildman–Crippen MR) is 108 cm³/mol. The third-order valence-electron chi connectivity index (χ3n) is 5.20. The van der Waals surface area contributed by atoms with E-state index in [1.165, 1.54) is 0 Å². The second kappa shape index (κ2) is 6.49. The van der Waals surface area contributed by atoms with Gasteiger partial charge in [0.05, 0.1) is 11.9 Å². The summed E-state index contributed by atoms with van der Waals surface area (Å²) >= 11 is 6.12. The summed E-state index contributed by atoms with van der Waals surface area (Å²) in [6.07, 6.45) is 3.50. The molecule has 28 heavy (non-hydrogen) atoms. The van der Waals surface area contributed by atoms with E-state index >= 15 is 0 Å². The van der Waals surface area contributed by atoms with Gasteiger partial charge in [-0.3, -0.25) is 4.79 Å². The van der Waals surface area contributed by atoms with Crippen LogP contribution >= 0.6 is 11.6 Å². The van der Waals surface area contributed by atoms with Crippen LogP contribution in [0.2, 0.25) is 5.28 Å². The molecule has 4 heterocycles. The van der Waals surface area contributed by atoms with Crippen molar-refractivity contribution in [2.45, 2.75) is 0 Å². The second-order valence-corrected chi connectivity index (χ2v) is 7.21. The zero-order chi connectivity index (χ0) is 19.3. The highest BCUT2D eigenvalue weighted by Crippen LogP contribution is 2.26. The van der Waals surface area contributed by atoms with Crippen molar-refractivity contribution in [3.8, 4) is 0 Å². The van der Waals surface area contributed by atoms with Gasteiger partial charge < -0.3 is 19.4 Å². The molecule has 0 saturated carbocycles. The molecule has 0 atom stereocenters. The molecule has 9 heteroatoms. The maximum Gasteiger partial charge on any atom is 0.256 e. The Hall–Kier alpha value is -3.13. The van der Waals surface area contributed by atoms with E-state index in [2.05, 4.69) is 24.8 Å². The Morgan fingerprint density at radius 1 is 1.14 bits per heavy atom. The summed E-state index contributed by atoms with van der Waals surface area (Å²) in [5, 5.41) is 1.15. The molecule has 142 valence electrons. The molecule has 4 aromatic rings. The van der Waals surface area contributed by atoms with E-state index in [1.54, 1.807) is 12.5 Å². The minimum Gasteiger partial charge on any atom is -0.360 e. The smallest absolute Gasteiger partial charge is 0.256 e. The van der Waals surface area contributed by atoms with Crippen LogP contribution in [0.5, 0.6) is 0 Å². The average molecular weight is 396 g/mol. The van der Waals surface area contributed by atoms with Crippen molar-refractivity contribution in [3.63, 3.8) is 0 Å². The third-order valence-corrected chi connectivity index (χ3v) is 5.37. The highest BCUT2D eigenvalue weighted by molar-refractivity contribution is 6.28. The highest BCUT2D eigenvalue weighted by Gasteiger charge is 2.26. The maximum absolute atomic E-state index is 13.0. The van der Waals surface area contributed by atoms with E-state index in [-0.39, 0.29) is 11.2 Å². The standard InChI is InChI=1S/C19H18ClN7O/c1-25-11-22-15-16(25)23-19(20)24-17(15)26-6-8-27(9-7-26)18(28)13-10-21-14-5-3-2-4-12(13)14/h2-5,10-11,21H,6-9H2,1H3. The average Bonchev–Trinajstić information content (AvgIpc) is 3.31. The molecule has 1 aliphatic rings. The number of hydrogen-bond acceptors (Lipinski definition) is 5. The van der Waals surface area contributed by atoms with E-state index in [4.69, 9.17) is 11.6 Å². The largest absolute Gasteiger partial charge is 0.360 e. The summed E-state index contributed by atoms with van der Waals surface area (Å²) < 4.78 is 1.82. The molecule has 1 fully saturated rings. The van der Waals surface area contributed by atoms with Crippen LogP contribution in [0.4, 0.5) is 5.82 Å². The fraction of sp³-hybridized carbons (Fsp3) is 0.263. The Balaban J connectivity index is 1.38. The van der Waals surface area contributed by atoms with Gasteiger partial charge in [-0.2, -0.15) is 9.97 Å². The molecule has 0 radical (unpaired) electrons. The van der Waals surface area contributed by atoms with E-state index in [0.29, 0.717) is 37.4 Å². The quantitative estimate of drug-likeness (QED) is 0.527. The van der Waals surface area contributed by atoms with Crippen molar-refractivity contribution in [1.29, 1.82) is 0 Å². The number of H-pyrrole nitrogens is 1. The lowest BCUT2D eigenvalue weighted by molar-refractivity contribution is 0.0748. The van der Waals surface area contributed by atoms with E-state index < -0.39 is 0 Å². The van der Waals surface area contributed by atoms with E-state index in [0.717, 1.165) is 22.2 Å². The number of nitrogens with zero attached hydrogens (tertiary/aromatic N) is 6. The minimum absolute atomic E-state index is 0.0424. The summed E-state index contributed by atoms with van der Waals surface area (Å²) in [4.78, 5) is 33.2. The Bertz CT molecular complexity index is 1190. The van der Waals surface area contributed by atoms with Crippen LogP contribution in [-0.2, 0) is 7.05 Å². The number of amides is 1. The van der Waals surface area contributed by atoms with Gasteiger partial charge in [-0.25, -0.2) is 4.98 Å². The lowest BCUT2D eigenvalue weighted by atomic mass is 10.1. The fourth-order valence-corrected chi connectivity index (χ4v) is 3.89. The normalized spacial score (nSPS) is 14.9. The van der Waals surface area contributed by atoms with Gasteiger partial charge in [-0.1, -0.05) is 18.2 Å². The number of rotatable bonds is 2. The zero-order valence-corrected chi connectivity index (χ0v) is 16.0. The van der Waals surface area contributed by atoms with Crippen molar-refractivity contribution in [1.82, 2.24) is 29.4 Å². The fourth-order valence-electron chi connectivity index (χ4n) is 3.73. The van der Waals surface area contributed by atoms with Crippen LogP contribution in [0.25, 0.3) is 22.1 Å². The third kappa shape index (κ3) is 2.68. The number of aromatic nitrogens is 5. The van der Waals surface area contributed by atoms with Gasteiger partial charge in [0.2, 0.25) is 5.28 Å². The number of anilines is 1. The first-order valence-corrected chi connectivity index (χ1v) is 9.44. The van der Waals surface area contributed by atoms with Crippen LogP contribution in [0.1, 0.15) is 10.4 Å². The Kier molecular flexibility index (Phi) is 3.94. The molecule has 1 aliphatic heterocycles. The number of fused-ring (bicyclic) bond motifs is 2. The van der Waals surface area contributed by atoms with Crippen molar-refractivity contribution < 1.29 is 4.79 Å².